The van der Waals surface area contributed by atoms with Crippen LogP contribution in [0.15, 0.2) is 41.2 Å². The maximum absolute atomic E-state index is 13.3. The van der Waals surface area contributed by atoms with E-state index in [-0.39, 0.29) is 33.5 Å². The van der Waals surface area contributed by atoms with Gasteiger partial charge in [0.2, 0.25) is 0 Å². The van der Waals surface area contributed by atoms with Crippen LogP contribution in [0.25, 0.3) is 16.6 Å². The summed E-state index contributed by atoms with van der Waals surface area (Å²) >= 11 is 0. The maximum Gasteiger partial charge on any atom is 0.416 e. The van der Waals surface area contributed by atoms with Crippen LogP contribution in [0.5, 0.6) is 0 Å². The lowest BCUT2D eigenvalue weighted by Crippen LogP contribution is -2.29. The molecule has 3 aromatic rings. The van der Waals surface area contributed by atoms with Crippen molar-refractivity contribution in [1.82, 2.24) is 4.57 Å². The van der Waals surface area contributed by atoms with E-state index in [1.54, 1.807) is 0 Å². The molecule has 8 nitrogen and oxygen atoms in total. The average Bonchev–Trinajstić information content (AvgIpc) is 2.67. The van der Waals surface area contributed by atoms with Gasteiger partial charge in [-0.2, -0.15) is 13.2 Å². The number of fused-ring (bicyclic) bond motifs is 1. The fourth-order valence-electron chi connectivity index (χ4n) is 3.13. The second-order valence-corrected chi connectivity index (χ2v) is 6.38. The number of hydrogen-bond acceptors (Lipinski definition) is 6. The van der Waals surface area contributed by atoms with E-state index < -0.39 is 33.8 Å². The quantitative estimate of drug-likeness (QED) is 0.392. The largest absolute Gasteiger partial charge is 0.465 e. The van der Waals surface area contributed by atoms with E-state index in [0.717, 1.165) is 42.0 Å². The molecule has 0 aliphatic heterocycles. The van der Waals surface area contributed by atoms with E-state index in [1.165, 1.54) is 13.0 Å². The number of nitro groups is 1. The Morgan fingerprint density at radius 1 is 1.20 bits per heavy atom. The van der Waals surface area contributed by atoms with Gasteiger partial charge in [0.15, 0.2) is 0 Å². The highest BCUT2D eigenvalue weighted by Gasteiger charge is 2.32. The minimum absolute atomic E-state index is 0.0146. The van der Waals surface area contributed by atoms with Crippen molar-refractivity contribution in [3.05, 3.63) is 73.6 Å². The molecule has 1 aromatic heterocycles. The third kappa shape index (κ3) is 3.34. The molecule has 0 spiro atoms. The first-order chi connectivity index (χ1) is 14.0. The van der Waals surface area contributed by atoms with Gasteiger partial charge < -0.3 is 10.5 Å². The number of rotatable bonds is 3. The Bertz CT molecular complexity index is 1260. The zero-order valence-corrected chi connectivity index (χ0v) is 15.6. The second kappa shape index (κ2) is 7.17. The van der Waals surface area contributed by atoms with Crippen LogP contribution in [0.1, 0.15) is 21.5 Å². The van der Waals surface area contributed by atoms with Crippen LogP contribution in [0.2, 0.25) is 0 Å². The van der Waals surface area contributed by atoms with Crippen molar-refractivity contribution in [2.75, 3.05) is 12.8 Å². The van der Waals surface area contributed by atoms with E-state index in [0.29, 0.717) is 0 Å². The summed E-state index contributed by atoms with van der Waals surface area (Å²) in [7, 11) is 1.03. The number of nitrogens with two attached hydrogens (primary N) is 1. The van der Waals surface area contributed by atoms with Crippen LogP contribution < -0.4 is 11.3 Å². The zero-order valence-electron chi connectivity index (χ0n) is 15.6. The molecule has 0 saturated carbocycles. The molecule has 0 fully saturated rings. The smallest absolute Gasteiger partial charge is 0.416 e. The summed E-state index contributed by atoms with van der Waals surface area (Å²) in [6, 6.07) is 6.03. The van der Waals surface area contributed by atoms with Crippen LogP contribution in [0.4, 0.5) is 24.5 Å². The number of alkyl halides is 3. The highest BCUT2D eigenvalue weighted by molar-refractivity contribution is 6.04. The van der Waals surface area contributed by atoms with Gasteiger partial charge in [0.05, 0.1) is 34.5 Å². The predicted molar refractivity (Wildman–Crippen MR) is 102 cm³/mol. The molecule has 0 radical (unpaired) electrons. The lowest BCUT2D eigenvalue weighted by Gasteiger charge is -2.18. The number of carbonyl (C=O) groups excluding carboxylic acids is 1. The van der Waals surface area contributed by atoms with E-state index in [9.17, 15) is 32.9 Å². The molecular formula is C19H14F3N3O5. The van der Waals surface area contributed by atoms with Crippen LogP contribution in [-0.2, 0) is 10.9 Å². The van der Waals surface area contributed by atoms with Gasteiger partial charge in [-0.1, -0.05) is 6.07 Å². The molecule has 2 aromatic carbocycles. The molecule has 1 heterocycles. The number of hydrogen-bond donors (Lipinski definition) is 1. The molecular weight excluding hydrogens is 407 g/mol. The SMILES string of the molecule is COC(=O)c1c(N)c2ccc(C(F)(F)F)cc2n(-c2ccc([N+](=O)[O-])cc2C)c1=O. The molecule has 2 N–H and O–H groups in total. The molecule has 3 rings (SSSR count). The van der Waals surface area contributed by atoms with Crippen molar-refractivity contribution < 1.29 is 27.6 Å². The van der Waals surface area contributed by atoms with Gasteiger partial charge in [-0.15, -0.1) is 0 Å². The van der Waals surface area contributed by atoms with Gasteiger partial charge >= 0.3 is 12.1 Å². The fourth-order valence-corrected chi connectivity index (χ4v) is 3.13. The van der Waals surface area contributed by atoms with Gasteiger partial charge in [-0.25, -0.2) is 4.79 Å². The van der Waals surface area contributed by atoms with E-state index >= 15 is 0 Å². The first kappa shape index (κ1) is 20.8. The first-order valence-electron chi connectivity index (χ1n) is 8.36. The number of esters is 1. The number of nitro benzene ring substituents is 1. The predicted octanol–water partition coefficient (Wildman–Crippen LogP) is 3.59. The number of nitrogen functional groups attached to an aromatic ring is 1. The summed E-state index contributed by atoms with van der Waals surface area (Å²) in [4.78, 5) is 35.6. The Labute approximate surface area is 166 Å². The average molecular weight is 421 g/mol. The highest BCUT2D eigenvalue weighted by Crippen LogP contribution is 2.34. The molecule has 0 unspecified atom stereocenters. The maximum atomic E-state index is 13.3. The number of carbonyl (C=O) groups is 1. The van der Waals surface area contributed by atoms with Crippen molar-refractivity contribution >= 4 is 28.2 Å². The molecule has 0 saturated heterocycles. The number of aryl methyl sites for hydroxylation is 1. The summed E-state index contributed by atoms with van der Waals surface area (Å²) in [5.41, 5.74) is 2.80. The van der Waals surface area contributed by atoms with Crippen molar-refractivity contribution in [3.63, 3.8) is 0 Å². The molecule has 0 aliphatic carbocycles. The number of anilines is 1. The normalized spacial score (nSPS) is 11.5. The van der Waals surface area contributed by atoms with Gasteiger partial charge in [0, 0.05) is 17.5 Å². The highest BCUT2D eigenvalue weighted by atomic mass is 19.4. The summed E-state index contributed by atoms with van der Waals surface area (Å²) in [6.07, 6.45) is -4.70. The lowest BCUT2D eigenvalue weighted by molar-refractivity contribution is -0.384. The van der Waals surface area contributed by atoms with Crippen molar-refractivity contribution in [2.24, 2.45) is 0 Å². The Morgan fingerprint density at radius 2 is 1.87 bits per heavy atom. The standard InChI is InChI=1S/C19H14F3N3O5/c1-9-7-11(25(28)29)4-6-13(9)24-14-8-10(19(20,21)22)3-5-12(14)16(23)15(17(24)26)18(27)30-2/h3-8H,23H2,1-2H3. The van der Waals surface area contributed by atoms with Crippen LogP contribution in [0, 0.1) is 17.0 Å². The minimum Gasteiger partial charge on any atom is -0.465 e. The molecule has 156 valence electrons. The van der Waals surface area contributed by atoms with Crippen molar-refractivity contribution in [3.8, 4) is 5.69 Å². The zero-order chi connectivity index (χ0) is 22.4. The Hall–Kier alpha value is -3.89. The Balaban J connectivity index is 2.51. The number of ether oxygens (including phenoxy) is 1. The second-order valence-electron chi connectivity index (χ2n) is 6.38. The number of halogens is 3. The van der Waals surface area contributed by atoms with Crippen LogP contribution in [0.3, 0.4) is 0 Å². The van der Waals surface area contributed by atoms with Gasteiger partial charge in [-0.05, 0) is 30.7 Å². The summed E-state index contributed by atoms with van der Waals surface area (Å²) in [6.45, 7) is 1.45. The van der Waals surface area contributed by atoms with E-state index in [2.05, 4.69) is 4.74 Å². The molecule has 0 aliphatic rings. The number of nitrogens with zero attached hydrogens (tertiary/aromatic N) is 2. The Morgan fingerprint density at radius 3 is 2.40 bits per heavy atom. The third-order valence-corrected chi connectivity index (χ3v) is 4.56. The Kier molecular flexibility index (Phi) is 4.98. The van der Waals surface area contributed by atoms with Crippen LogP contribution in [-0.4, -0.2) is 22.6 Å². The van der Waals surface area contributed by atoms with E-state index in [4.69, 9.17) is 5.73 Å². The topological polar surface area (TPSA) is 117 Å². The van der Waals surface area contributed by atoms with Crippen LogP contribution >= 0.6 is 0 Å². The van der Waals surface area contributed by atoms with Crippen molar-refractivity contribution in [1.29, 1.82) is 0 Å². The summed E-state index contributed by atoms with van der Waals surface area (Å²) < 4.78 is 45.3. The summed E-state index contributed by atoms with van der Waals surface area (Å²) in [5, 5.41) is 11.0. The number of aromatic nitrogens is 1. The first-order valence-corrected chi connectivity index (χ1v) is 8.36. The van der Waals surface area contributed by atoms with Gasteiger partial charge in [0.25, 0.3) is 11.2 Å². The molecule has 11 heteroatoms. The van der Waals surface area contributed by atoms with E-state index in [1.807, 2.05) is 0 Å². The van der Waals surface area contributed by atoms with Gasteiger partial charge in [-0.3, -0.25) is 19.5 Å². The number of non-ortho nitro benzene ring substituents is 1. The molecule has 30 heavy (non-hydrogen) atoms. The monoisotopic (exact) mass is 421 g/mol. The fraction of sp³-hybridized carbons (Fsp3) is 0.158. The van der Waals surface area contributed by atoms with Crippen molar-refractivity contribution in [2.45, 2.75) is 13.1 Å². The molecule has 0 amide bonds. The number of methoxy groups -OCH3 is 1. The van der Waals surface area contributed by atoms with Gasteiger partial charge in [0.1, 0.15) is 5.56 Å². The number of benzene rings is 2. The minimum atomic E-state index is -4.70. The number of pyridine rings is 1. The molecule has 0 bridgehead atoms. The summed E-state index contributed by atoms with van der Waals surface area (Å²) in [5.74, 6) is -1.06. The molecule has 0 atom stereocenters. The lowest BCUT2D eigenvalue weighted by atomic mass is 10.0. The third-order valence-electron chi connectivity index (χ3n) is 4.56.